The summed E-state index contributed by atoms with van der Waals surface area (Å²) in [5, 5.41) is 0. The van der Waals surface area contributed by atoms with Gasteiger partial charge in [-0.15, -0.1) is 0 Å². The van der Waals surface area contributed by atoms with Gasteiger partial charge in [0.15, 0.2) is 0 Å². The fourth-order valence-corrected chi connectivity index (χ4v) is 2.87. The van der Waals surface area contributed by atoms with Crippen molar-refractivity contribution in [3.8, 4) is 5.75 Å². The number of esters is 1. The van der Waals surface area contributed by atoms with Crippen molar-refractivity contribution in [1.29, 1.82) is 0 Å². The van der Waals surface area contributed by atoms with Crippen molar-refractivity contribution < 1.29 is 28.6 Å². The van der Waals surface area contributed by atoms with E-state index in [2.05, 4.69) is 9.97 Å². The minimum atomic E-state index is -0.815. The van der Waals surface area contributed by atoms with Crippen LogP contribution in [0.5, 0.6) is 5.75 Å². The highest BCUT2D eigenvalue weighted by atomic mass is 16.7. The summed E-state index contributed by atoms with van der Waals surface area (Å²) in [6.45, 7) is 2.09. The van der Waals surface area contributed by atoms with Crippen molar-refractivity contribution in [1.82, 2.24) is 14.9 Å². The van der Waals surface area contributed by atoms with Crippen LogP contribution in [0.4, 0.5) is 4.79 Å². The number of fused-ring (bicyclic) bond motifs is 1. The molecule has 142 valence electrons. The Balaban J connectivity index is 1.79. The number of benzene rings is 1. The summed E-state index contributed by atoms with van der Waals surface area (Å²) < 4.78 is 14.5. The maximum atomic E-state index is 12.9. The molecule has 1 aromatic heterocycles. The topological polar surface area (TPSA) is 111 Å². The molecule has 0 fully saturated rings. The zero-order valence-electron chi connectivity index (χ0n) is 14.9. The third-order valence-corrected chi connectivity index (χ3v) is 4.20. The van der Waals surface area contributed by atoms with E-state index in [4.69, 9.17) is 14.2 Å². The molecule has 2 heterocycles. The summed E-state index contributed by atoms with van der Waals surface area (Å²) in [4.78, 5) is 45.1. The number of carbonyl (C=O) groups is 3. The van der Waals surface area contributed by atoms with Gasteiger partial charge in [0.1, 0.15) is 11.8 Å². The fraction of sp³-hybridized carbons (Fsp3) is 0.333. The molecule has 9 nitrogen and oxygen atoms in total. The lowest BCUT2D eigenvalue weighted by atomic mass is 10.0. The lowest BCUT2D eigenvalue weighted by molar-refractivity contribution is -0.146. The van der Waals surface area contributed by atoms with E-state index in [-0.39, 0.29) is 31.2 Å². The Morgan fingerprint density at radius 3 is 2.67 bits per heavy atom. The van der Waals surface area contributed by atoms with E-state index in [1.165, 1.54) is 42.6 Å². The van der Waals surface area contributed by atoms with Crippen molar-refractivity contribution in [2.45, 2.75) is 25.9 Å². The van der Waals surface area contributed by atoms with Crippen LogP contribution in [0.1, 0.15) is 28.7 Å². The molecule has 1 N–H and O–H groups in total. The minimum Gasteiger partial charge on any atom is -0.467 e. The molecule has 0 bridgehead atoms. The summed E-state index contributed by atoms with van der Waals surface area (Å²) in [6.07, 6.45) is 1.00. The van der Waals surface area contributed by atoms with Gasteiger partial charge in [0.25, 0.3) is 5.91 Å². The molecular formula is C18H19N3O6. The molecule has 0 saturated heterocycles. The molecule has 1 atom stereocenters. The molecule has 0 aliphatic carbocycles. The van der Waals surface area contributed by atoms with Gasteiger partial charge < -0.3 is 24.1 Å². The van der Waals surface area contributed by atoms with E-state index in [9.17, 15) is 14.4 Å². The van der Waals surface area contributed by atoms with Crippen LogP contribution in [0.15, 0.2) is 30.6 Å². The second kappa shape index (κ2) is 7.90. The molecule has 3 rings (SSSR count). The first-order valence-corrected chi connectivity index (χ1v) is 8.38. The second-order valence-electron chi connectivity index (χ2n) is 5.81. The number of rotatable bonds is 4. The Bertz CT molecular complexity index is 845. The number of nitrogens with one attached hydrogen (secondary N) is 1. The van der Waals surface area contributed by atoms with Crippen LogP contribution in [0.25, 0.3) is 0 Å². The number of aromatic nitrogens is 2. The van der Waals surface area contributed by atoms with E-state index >= 15 is 0 Å². The predicted molar refractivity (Wildman–Crippen MR) is 92.1 cm³/mol. The lowest BCUT2D eigenvalue weighted by Gasteiger charge is -2.33. The van der Waals surface area contributed by atoms with E-state index < -0.39 is 18.2 Å². The van der Waals surface area contributed by atoms with Crippen LogP contribution in [0.2, 0.25) is 0 Å². The number of imidazole rings is 1. The van der Waals surface area contributed by atoms with Gasteiger partial charge in [0, 0.05) is 12.0 Å². The quantitative estimate of drug-likeness (QED) is 0.641. The highest BCUT2D eigenvalue weighted by Crippen LogP contribution is 2.24. The lowest BCUT2D eigenvalue weighted by Crippen LogP contribution is -2.49. The first-order valence-electron chi connectivity index (χ1n) is 8.38. The molecule has 1 aromatic carbocycles. The van der Waals surface area contributed by atoms with Crippen molar-refractivity contribution in [2.75, 3.05) is 13.7 Å². The van der Waals surface area contributed by atoms with Crippen molar-refractivity contribution >= 4 is 18.0 Å². The van der Waals surface area contributed by atoms with Gasteiger partial charge in [0.2, 0.25) is 0 Å². The number of ether oxygens (including phenoxy) is 3. The van der Waals surface area contributed by atoms with Gasteiger partial charge in [-0.2, -0.15) is 0 Å². The van der Waals surface area contributed by atoms with Gasteiger partial charge in [0.05, 0.1) is 38.0 Å². The minimum absolute atomic E-state index is 0.203. The van der Waals surface area contributed by atoms with Gasteiger partial charge >= 0.3 is 12.1 Å². The van der Waals surface area contributed by atoms with Crippen molar-refractivity contribution in [2.24, 2.45) is 0 Å². The summed E-state index contributed by atoms with van der Waals surface area (Å²) in [7, 11) is 1.28. The number of amides is 1. The molecule has 1 aliphatic rings. The standard InChI is InChI=1S/C18H19N3O6/c1-3-26-18(24)27-12-6-4-11(5-7-12)16(22)21-9-14-13(19-10-20-14)8-15(21)17(23)25-2/h4-7,10,15H,3,8-9H2,1-2H3,(H,19,20). The highest BCUT2D eigenvalue weighted by molar-refractivity contribution is 5.97. The fourth-order valence-electron chi connectivity index (χ4n) is 2.87. The average Bonchev–Trinajstić information content (AvgIpc) is 3.14. The van der Waals surface area contributed by atoms with Gasteiger partial charge in [-0.25, -0.2) is 14.6 Å². The van der Waals surface area contributed by atoms with Crippen molar-refractivity contribution in [3.05, 3.63) is 47.5 Å². The van der Waals surface area contributed by atoms with Crippen LogP contribution in [0.3, 0.4) is 0 Å². The Kier molecular flexibility index (Phi) is 5.39. The van der Waals surface area contributed by atoms with Crippen molar-refractivity contribution in [3.63, 3.8) is 0 Å². The highest BCUT2D eigenvalue weighted by Gasteiger charge is 2.37. The average molecular weight is 373 g/mol. The number of carbonyl (C=O) groups excluding carboxylic acids is 3. The number of hydrogen-bond acceptors (Lipinski definition) is 7. The molecule has 9 heteroatoms. The largest absolute Gasteiger partial charge is 0.513 e. The smallest absolute Gasteiger partial charge is 0.467 e. The molecule has 0 spiro atoms. The second-order valence-corrected chi connectivity index (χ2v) is 5.81. The van der Waals surface area contributed by atoms with E-state index in [1.807, 2.05) is 0 Å². The Labute approximate surface area is 155 Å². The molecule has 0 radical (unpaired) electrons. The normalized spacial score (nSPS) is 15.6. The van der Waals surface area contributed by atoms with Crippen LogP contribution < -0.4 is 4.74 Å². The molecule has 2 aromatic rings. The number of hydrogen-bond donors (Lipinski definition) is 1. The summed E-state index contributed by atoms with van der Waals surface area (Å²) >= 11 is 0. The number of aromatic amines is 1. The molecule has 27 heavy (non-hydrogen) atoms. The Morgan fingerprint density at radius 1 is 1.26 bits per heavy atom. The van der Waals surface area contributed by atoms with Crippen LogP contribution >= 0.6 is 0 Å². The van der Waals surface area contributed by atoms with Crippen LogP contribution in [0, 0.1) is 0 Å². The molecule has 1 aliphatic heterocycles. The first-order chi connectivity index (χ1) is 13.0. The first kappa shape index (κ1) is 18.4. The van der Waals surface area contributed by atoms with Gasteiger partial charge in [-0.3, -0.25) is 4.79 Å². The van der Waals surface area contributed by atoms with Gasteiger partial charge in [-0.1, -0.05) is 0 Å². The zero-order valence-corrected chi connectivity index (χ0v) is 14.9. The van der Waals surface area contributed by atoms with Gasteiger partial charge in [-0.05, 0) is 31.2 Å². The molecular weight excluding hydrogens is 354 g/mol. The Hall–Kier alpha value is -3.36. The monoisotopic (exact) mass is 373 g/mol. The van der Waals surface area contributed by atoms with E-state index in [1.54, 1.807) is 6.92 Å². The number of methoxy groups -OCH3 is 1. The maximum Gasteiger partial charge on any atom is 0.513 e. The SMILES string of the molecule is CCOC(=O)Oc1ccc(C(=O)N2Cc3[nH]cnc3CC2C(=O)OC)cc1. The molecule has 0 saturated carbocycles. The summed E-state index contributed by atoms with van der Waals surface area (Å²) in [6, 6.07) is 5.27. The molecule has 1 amide bonds. The number of nitrogens with zero attached hydrogens (tertiary/aromatic N) is 2. The third-order valence-electron chi connectivity index (χ3n) is 4.20. The third kappa shape index (κ3) is 3.91. The number of H-pyrrole nitrogens is 1. The van der Waals surface area contributed by atoms with Crippen LogP contribution in [-0.4, -0.2) is 52.7 Å². The van der Waals surface area contributed by atoms with Crippen LogP contribution in [-0.2, 0) is 27.2 Å². The van der Waals surface area contributed by atoms with E-state index in [0.29, 0.717) is 5.56 Å². The molecule has 1 unspecified atom stereocenters. The summed E-state index contributed by atoms with van der Waals surface area (Å²) in [5.74, 6) is -0.586. The Morgan fingerprint density at radius 2 is 2.00 bits per heavy atom. The van der Waals surface area contributed by atoms with E-state index in [0.717, 1.165) is 11.4 Å². The zero-order chi connectivity index (χ0) is 19.4. The summed E-state index contributed by atoms with van der Waals surface area (Å²) in [5.41, 5.74) is 1.88. The predicted octanol–water partition coefficient (Wildman–Crippen LogP) is 1.69. The maximum absolute atomic E-state index is 12.9.